The van der Waals surface area contributed by atoms with Gasteiger partial charge >= 0.3 is 5.97 Å². The smallest absolute Gasteiger partial charge is 0.339 e. The van der Waals surface area contributed by atoms with E-state index in [1.807, 2.05) is 0 Å². The van der Waals surface area contributed by atoms with E-state index in [1.54, 1.807) is 48.5 Å². The van der Waals surface area contributed by atoms with Gasteiger partial charge in [-0.15, -0.1) is 11.8 Å². The molecular formula is C24H24N4O6S. The minimum Gasteiger partial charge on any atom is -0.495 e. The van der Waals surface area contributed by atoms with Crippen molar-refractivity contribution in [3.8, 4) is 5.75 Å². The number of anilines is 1. The van der Waals surface area contributed by atoms with Crippen molar-refractivity contribution < 1.29 is 28.4 Å². The molecule has 1 saturated carbocycles. The van der Waals surface area contributed by atoms with Crippen molar-refractivity contribution in [1.82, 2.24) is 15.5 Å². The number of carbonyl (C=O) groups is 3. The number of thioether (sulfide) groups is 1. The lowest BCUT2D eigenvalue weighted by molar-refractivity contribution is -0.118. The molecule has 0 radical (unpaired) electrons. The van der Waals surface area contributed by atoms with Crippen LogP contribution in [-0.4, -0.2) is 46.8 Å². The molecule has 1 aliphatic carbocycles. The number of hydrogen-bond acceptors (Lipinski definition) is 9. The summed E-state index contributed by atoms with van der Waals surface area (Å²) in [7, 11) is 1.51. The predicted octanol–water partition coefficient (Wildman–Crippen LogP) is 2.99. The number of para-hydroxylation sites is 2. The fourth-order valence-electron chi connectivity index (χ4n) is 3.11. The lowest BCUT2D eigenvalue weighted by Crippen LogP contribution is -2.27. The molecule has 1 fully saturated rings. The van der Waals surface area contributed by atoms with Crippen LogP contribution in [0.1, 0.15) is 34.9 Å². The number of carbonyl (C=O) groups excluding carboxylic acids is 3. The summed E-state index contributed by atoms with van der Waals surface area (Å²) in [4.78, 5) is 41.6. The van der Waals surface area contributed by atoms with E-state index in [-0.39, 0.29) is 48.4 Å². The number of nitrogens with zero attached hydrogens (tertiary/aromatic N) is 2. The lowest BCUT2D eigenvalue weighted by atomic mass is 10.2. The maximum Gasteiger partial charge on any atom is 0.339 e. The molecule has 182 valence electrons. The average Bonchev–Trinajstić information content (AvgIpc) is 3.57. The Balaban J connectivity index is 1.28. The van der Waals surface area contributed by atoms with E-state index in [0.29, 0.717) is 21.9 Å². The molecule has 4 rings (SSSR count). The van der Waals surface area contributed by atoms with Crippen LogP contribution in [0.4, 0.5) is 5.69 Å². The van der Waals surface area contributed by atoms with Crippen LogP contribution in [0.15, 0.2) is 57.9 Å². The Bertz CT molecular complexity index is 1210. The first-order valence-electron chi connectivity index (χ1n) is 10.9. The van der Waals surface area contributed by atoms with Crippen molar-refractivity contribution in [2.24, 2.45) is 0 Å². The second-order valence-corrected chi connectivity index (χ2v) is 8.75. The Morgan fingerprint density at radius 2 is 1.86 bits per heavy atom. The van der Waals surface area contributed by atoms with E-state index in [0.717, 1.165) is 12.8 Å². The van der Waals surface area contributed by atoms with Gasteiger partial charge in [0.2, 0.25) is 11.8 Å². The van der Waals surface area contributed by atoms with Gasteiger partial charge < -0.3 is 24.6 Å². The zero-order valence-corrected chi connectivity index (χ0v) is 19.8. The quantitative estimate of drug-likeness (QED) is 0.304. The van der Waals surface area contributed by atoms with Gasteiger partial charge in [0, 0.05) is 10.9 Å². The molecule has 35 heavy (non-hydrogen) atoms. The van der Waals surface area contributed by atoms with Gasteiger partial charge in [0.1, 0.15) is 5.75 Å². The number of amides is 2. The number of aromatic nitrogens is 2. The van der Waals surface area contributed by atoms with Crippen molar-refractivity contribution in [3.05, 3.63) is 65.8 Å². The maximum absolute atomic E-state index is 12.6. The molecule has 0 saturated heterocycles. The van der Waals surface area contributed by atoms with E-state index in [1.165, 1.54) is 18.9 Å². The van der Waals surface area contributed by atoms with E-state index in [2.05, 4.69) is 20.8 Å². The first kappa shape index (κ1) is 24.3. The molecule has 1 aromatic heterocycles. The normalized spacial score (nSPS) is 12.6. The third-order valence-corrected chi connectivity index (χ3v) is 6.02. The number of ether oxygens (including phenoxy) is 2. The molecule has 1 heterocycles. The van der Waals surface area contributed by atoms with Gasteiger partial charge in [-0.05, 0) is 37.1 Å². The summed E-state index contributed by atoms with van der Waals surface area (Å²) in [6.07, 6.45) is 1.91. The van der Waals surface area contributed by atoms with Crippen LogP contribution >= 0.6 is 11.8 Å². The van der Waals surface area contributed by atoms with Gasteiger partial charge in [-0.1, -0.05) is 29.4 Å². The van der Waals surface area contributed by atoms with Gasteiger partial charge in [-0.3, -0.25) is 9.59 Å². The van der Waals surface area contributed by atoms with Crippen LogP contribution in [0.25, 0.3) is 0 Å². The SMILES string of the molecule is COc1ccccc1NC(=O)Cc1noc(COC(=O)c2ccccc2SCC(=O)NC2CC2)n1. The summed E-state index contributed by atoms with van der Waals surface area (Å²) in [5, 5.41) is 9.41. The van der Waals surface area contributed by atoms with Gasteiger partial charge in [-0.2, -0.15) is 4.98 Å². The van der Waals surface area contributed by atoms with Crippen LogP contribution < -0.4 is 15.4 Å². The molecule has 3 aromatic rings. The Morgan fingerprint density at radius 1 is 1.09 bits per heavy atom. The number of methoxy groups -OCH3 is 1. The van der Waals surface area contributed by atoms with E-state index >= 15 is 0 Å². The van der Waals surface area contributed by atoms with E-state index < -0.39 is 5.97 Å². The highest BCUT2D eigenvalue weighted by atomic mass is 32.2. The first-order chi connectivity index (χ1) is 17.0. The van der Waals surface area contributed by atoms with Crippen LogP contribution in [0.3, 0.4) is 0 Å². The molecular weight excluding hydrogens is 472 g/mol. The van der Waals surface area contributed by atoms with Crippen LogP contribution in [0.5, 0.6) is 5.75 Å². The first-order valence-corrected chi connectivity index (χ1v) is 11.9. The van der Waals surface area contributed by atoms with Crippen LogP contribution in [0, 0.1) is 0 Å². The molecule has 0 aliphatic heterocycles. The van der Waals surface area contributed by atoms with E-state index in [4.69, 9.17) is 14.0 Å². The zero-order valence-electron chi connectivity index (χ0n) is 19.0. The Morgan fingerprint density at radius 3 is 2.66 bits per heavy atom. The van der Waals surface area contributed by atoms with Crippen LogP contribution in [0.2, 0.25) is 0 Å². The lowest BCUT2D eigenvalue weighted by Gasteiger charge is -2.08. The van der Waals surface area contributed by atoms with E-state index in [9.17, 15) is 14.4 Å². The molecule has 2 amide bonds. The summed E-state index contributed by atoms with van der Waals surface area (Å²) in [5.74, 6) is -0.0317. The molecule has 0 bridgehead atoms. The zero-order chi connectivity index (χ0) is 24.6. The largest absolute Gasteiger partial charge is 0.495 e. The highest BCUT2D eigenvalue weighted by Crippen LogP contribution is 2.25. The van der Waals surface area contributed by atoms with Gasteiger partial charge in [0.25, 0.3) is 5.89 Å². The third-order valence-electron chi connectivity index (χ3n) is 4.94. The molecule has 10 nitrogen and oxygen atoms in total. The highest BCUT2D eigenvalue weighted by Gasteiger charge is 2.23. The monoisotopic (exact) mass is 496 g/mol. The van der Waals surface area contributed by atoms with Crippen molar-refractivity contribution >= 4 is 35.2 Å². The number of nitrogens with one attached hydrogen (secondary N) is 2. The average molecular weight is 497 g/mol. The van der Waals surface area contributed by atoms with Gasteiger partial charge in [0.05, 0.1) is 30.5 Å². The minimum absolute atomic E-state index is 0.0613. The molecule has 1 aliphatic rings. The second-order valence-electron chi connectivity index (χ2n) is 7.73. The van der Waals surface area contributed by atoms with Crippen LogP contribution in [-0.2, 0) is 27.4 Å². The molecule has 0 unspecified atom stereocenters. The summed E-state index contributed by atoms with van der Waals surface area (Å²) in [5.41, 5.74) is 0.867. The molecule has 11 heteroatoms. The number of benzene rings is 2. The minimum atomic E-state index is -0.579. The Hall–Kier alpha value is -3.86. The Kier molecular flexibility index (Phi) is 7.99. The van der Waals surface area contributed by atoms with Crippen molar-refractivity contribution in [3.63, 3.8) is 0 Å². The fraction of sp³-hybridized carbons (Fsp3) is 0.292. The standard InChI is InChI=1S/C24H24N4O6S/c1-32-18-8-4-3-7-17(18)26-21(29)12-20-27-23(34-28-20)13-33-24(31)16-6-2-5-9-19(16)35-14-22(30)25-15-10-11-15/h2-9,15H,10-14H2,1H3,(H,25,30)(H,26,29). The second kappa shape index (κ2) is 11.5. The summed E-state index contributed by atoms with van der Waals surface area (Å²) < 4.78 is 15.6. The fourth-order valence-corrected chi connectivity index (χ4v) is 3.96. The van der Waals surface area contributed by atoms with Crippen molar-refractivity contribution in [1.29, 1.82) is 0 Å². The summed E-state index contributed by atoms with van der Waals surface area (Å²) in [6.45, 7) is -0.249. The highest BCUT2D eigenvalue weighted by molar-refractivity contribution is 8.00. The summed E-state index contributed by atoms with van der Waals surface area (Å²) >= 11 is 1.27. The number of esters is 1. The van der Waals surface area contributed by atoms with Crippen molar-refractivity contribution in [2.75, 3.05) is 18.2 Å². The van der Waals surface area contributed by atoms with Gasteiger partial charge in [-0.25, -0.2) is 4.79 Å². The van der Waals surface area contributed by atoms with Gasteiger partial charge in [0.15, 0.2) is 12.4 Å². The van der Waals surface area contributed by atoms with Crippen molar-refractivity contribution in [2.45, 2.75) is 36.8 Å². The summed E-state index contributed by atoms with van der Waals surface area (Å²) in [6, 6.07) is 14.2. The topological polar surface area (TPSA) is 133 Å². The molecule has 2 aromatic carbocycles. The maximum atomic E-state index is 12.6. The number of rotatable bonds is 11. The molecule has 2 N–H and O–H groups in total. The number of hydrogen-bond donors (Lipinski definition) is 2. The molecule has 0 spiro atoms. The predicted molar refractivity (Wildman–Crippen MR) is 127 cm³/mol. The Labute approximate surface area is 205 Å². The third kappa shape index (κ3) is 7.06. The molecule has 0 atom stereocenters.